The average molecular weight is 312 g/mol. The number of amides is 1. The van der Waals surface area contributed by atoms with Gasteiger partial charge in [0.15, 0.2) is 0 Å². The van der Waals surface area contributed by atoms with Gasteiger partial charge in [0.25, 0.3) is 0 Å². The molecule has 1 unspecified atom stereocenters. The SMILES string of the molecule is CC1Sc2cc(Nc3ccccc3)ccc2N(C(C)C)C1=O. The van der Waals surface area contributed by atoms with Crippen molar-refractivity contribution in [2.45, 2.75) is 37.0 Å². The third-order valence-electron chi connectivity index (χ3n) is 3.69. The van der Waals surface area contributed by atoms with Crippen LogP contribution in [0.2, 0.25) is 0 Å². The van der Waals surface area contributed by atoms with Crippen molar-refractivity contribution in [3.63, 3.8) is 0 Å². The molecule has 1 N–H and O–H groups in total. The molecule has 3 nitrogen and oxygen atoms in total. The minimum absolute atomic E-state index is 0.0399. The molecule has 0 saturated carbocycles. The summed E-state index contributed by atoms with van der Waals surface area (Å²) in [5.41, 5.74) is 3.12. The van der Waals surface area contributed by atoms with Crippen LogP contribution in [0.3, 0.4) is 0 Å². The first-order chi connectivity index (χ1) is 10.6. The van der Waals surface area contributed by atoms with Gasteiger partial charge in [0.05, 0.1) is 10.9 Å². The third kappa shape index (κ3) is 2.83. The Morgan fingerprint density at radius 2 is 1.82 bits per heavy atom. The molecule has 3 rings (SSSR count). The maximum absolute atomic E-state index is 12.4. The van der Waals surface area contributed by atoms with E-state index >= 15 is 0 Å². The quantitative estimate of drug-likeness (QED) is 0.894. The van der Waals surface area contributed by atoms with Crippen LogP contribution < -0.4 is 10.2 Å². The van der Waals surface area contributed by atoms with Gasteiger partial charge in [0, 0.05) is 22.3 Å². The Labute approximate surface area is 135 Å². The fourth-order valence-electron chi connectivity index (χ4n) is 2.66. The van der Waals surface area contributed by atoms with Crippen molar-refractivity contribution in [3.05, 3.63) is 48.5 Å². The van der Waals surface area contributed by atoms with Gasteiger partial charge < -0.3 is 10.2 Å². The Bertz CT molecular complexity index is 685. The van der Waals surface area contributed by atoms with Crippen molar-refractivity contribution in [2.75, 3.05) is 10.2 Å². The highest BCUT2D eigenvalue weighted by Gasteiger charge is 2.32. The number of para-hydroxylation sites is 1. The summed E-state index contributed by atoms with van der Waals surface area (Å²) >= 11 is 1.63. The summed E-state index contributed by atoms with van der Waals surface area (Å²) in [5.74, 6) is 0.191. The van der Waals surface area contributed by atoms with Crippen molar-refractivity contribution >= 4 is 34.7 Å². The minimum atomic E-state index is -0.0399. The number of carbonyl (C=O) groups is 1. The minimum Gasteiger partial charge on any atom is -0.355 e. The second-order valence-electron chi connectivity index (χ2n) is 5.74. The van der Waals surface area contributed by atoms with E-state index in [4.69, 9.17) is 0 Å². The van der Waals surface area contributed by atoms with E-state index in [-0.39, 0.29) is 17.2 Å². The Kier molecular flexibility index (Phi) is 4.12. The van der Waals surface area contributed by atoms with Crippen molar-refractivity contribution in [1.29, 1.82) is 0 Å². The van der Waals surface area contributed by atoms with Crippen molar-refractivity contribution in [2.24, 2.45) is 0 Å². The zero-order valence-electron chi connectivity index (χ0n) is 13.0. The first-order valence-electron chi connectivity index (χ1n) is 7.52. The smallest absolute Gasteiger partial charge is 0.240 e. The van der Waals surface area contributed by atoms with Crippen LogP contribution in [0, 0.1) is 0 Å². The van der Waals surface area contributed by atoms with E-state index in [1.165, 1.54) is 0 Å². The molecular weight excluding hydrogens is 292 g/mol. The maximum Gasteiger partial charge on any atom is 0.240 e. The van der Waals surface area contributed by atoms with E-state index in [9.17, 15) is 4.79 Å². The zero-order chi connectivity index (χ0) is 15.7. The number of nitrogens with one attached hydrogen (secondary N) is 1. The van der Waals surface area contributed by atoms with Gasteiger partial charge in [-0.2, -0.15) is 0 Å². The second-order valence-corrected chi connectivity index (χ2v) is 7.12. The molecule has 4 heteroatoms. The number of nitrogens with zero attached hydrogens (tertiary/aromatic N) is 1. The topological polar surface area (TPSA) is 32.3 Å². The van der Waals surface area contributed by atoms with Gasteiger partial charge in [-0.25, -0.2) is 0 Å². The van der Waals surface area contributed by atoms with Crippen molar-refractivity contribution in [1.82, 2.24) is 0 Å². The van der Waals surface area contributed by atoms with Crippen LogP contribution in [0.1, 0.15) is 20.8 Å². The highest BCUT2D eigenvalue weighted by atomic mass is 32.2. The molecule has 0 radical (unpaired) electrons. The summed E-state index contributed by atoms with van der Waals surface area (Å²) in [6.45, 7) is 6.09. The van der Waals surface area contributed by atoms with Gasteiger partial charge in [-0.15, -0.1) is 11.8 Å². The lowest BCUT2D eigenvalue weighted by Crippen LogP contribution is -2.44. The van der Waals surface area contributed by atoms with Gasteiger partial charge >= 0.3 is 0 Å². The number of rotatable bonds is 3. The highest BCUT2D eigenvalue weighted by molar-refractivity contribution is 8.01. The largest absolute Gasteiger partial charge is 0.355 e. The van der Waals surface area contributed by atoms with Crippen molar-refractivity contribution < 1.29 is 4.79 Å². The molecule has 1 aliphatic heterocycles. The Morgan fingerprint density at radius 3 is 2.50 bits per heavy atom. The second kappa shape index (κ2) is 6.05. The number of carbonyl (C=O) groups excluding carboxylic acids is 1. The Balaban J connectivity index is 1.93. The monoisotopic (exact) mass is 312 g/mol. The molecule has 0 spiro atoms. The van der Waals surface area contributed by atoms with Gasteiger partial charge in [0.1, 0.15) is 0 Å². The lowest BCUT2D eigenvalue weighted by Gasteiger charge is -2.35. The molecule has 22 heavy (non-hydrogen) atoms. The molecule has 2 aromatic carbocycles. The molecular formula is C18H20N2OS. The van der Waals surface area contributed by atoms with Gasteiger partial charge in [-0.3, -0.25) is 4.79 Å². The molecule has 0 aromatic heterocycles. The van der Waals surface area contributed by atoms with E-state index in [2.05, 4.69) is 25.2 Å². The van der Waals surface area contributed by atoms with E-state index in [0.717, 1.165) is 22.0 Å². The van der Waals surface area contributed by atoms with E-state index < -0.39 is 0 Å². The van der Waals surface area contributed by atoms with Gasteiger partial charge in [0.2, 0.25) is 5.91 Å². The average Bonchev–Trinajstić information content (AvgIpc) is 2.49. The number of anilines is 3. The molecule has 1 amide bonds. The van der Waals surface area contributed by atoms with Crippen LogP contribution in [-0.2, 0) is 4.79 Å². The molecule has 0 saturated heterocycles. The van der Waals surface area contributed by atoms with E-state index in [1.54, 1.807) is 11.8 Å². The predicted octanol–water partition coefficient (Wildman–Crippen LogP) is 4.67. The van der Waals surface area contributed by atoms with Crippen LogP contribution in [0.5, 0.6) is 0 Å². The molecule has 1 heterocycles. The number of hydrogen-bond acceptors (Lipinski definition) is 3. The predicted molar refractivity (Wildman–Crippen MR) is 94.1 cm³/mol. The normalized spacial score (nSPS) is 17.5. The van der Waals surface area contributed by atoms with Crippen LogP contribution in [0.15, 0.2) is 53.4 Å². The molecule has 0 fully saturated rings. The highest BCUT2D eigenvalue weighted by Crippen LogP contribution is 2.41. The molecule has 114 valence electrons. The lowest BCUT2D eigenvalue weighted by atomic mass is 10.2. The third-order valence-corrected chi connectivity index (χ3v) is 4.82. The van der Waals surface area contributed by atoms with Crippen molar-refractivity contribution in [3.8, 4) is 0 Å². The van der Waals surface area contributed by atoms with Crippen LogP contribution in [0.4, 0.5) is 17.1 Å². The molecule has 1 aliphatic rings. The summed E-state index contributed by atoms with van der Waals surface area (Å²) in [6.07, 6.45) is 0. The first kappa shape index (κ1) is 15.0. The Hall–Kier alpha value is -1.94. The number of benzene rings is 2. The number of thioether (sulfide) groups is 1. The van der Waals surface area contributed by atoms with Crippen LogP contribution >= 0.6 is 11.8 Å². The summed E-state index contributed by atoms with van der Waals surface area (Å²) in [6, 6.07) is 16.5. The molecule has 0 bridgehead atoms. The molecule has 0 aliphatic carbocycles. The fraction of sp³-hybridized carbons (Fsp3) is 0.278. The summed E-state index contributed by atoms with van der Waals surface area (Å²) in [7, 11) is 0. The first-order valence-corrected chi connectivity index (χ1v) is 8.40. The molecule has 2 aromatic rings. The maximum atomic E-state index is 12.4. The number of fused-ring (bicyclic) bond motifs is 1. The van der Waals surface area contributed by atoms with Crippen LogP contribution in [0.25, 0.3) is 0 Å². The standard InChI is InChI=1S/C18H20N2OS/c1-12(2)20-16-10-9-15(19-14-7-5-4-6-8-14)11-17(16)22-13(3)18(20)21/h4-13,19H,1-3H3. The zero-order valence-corrected chi connectivity index (χ0v) is 13.9. The van der Waals surface area contributed by atoms with E-state index in [0.29, 0.717) is 0 Å². The lowest BCUT2D eigenvalue weighted by molar-refractivity contribution is -0.118. The van der Waals surface area contributed by atoms with E-state index in [1.807, 2.05) is 54.3 Å². The number of hydrogen-bond donors (Lipinski definition) is 1. The van der Waals surface area contributed by atoms with Gasteiger partial charge in [-0.1, -0.05) is 18.2 Å². The fourth-order valence-corrected chi connectivity index (χ4v) is 3.74. The summed E-state index contributed by atoms with van der Waals surface area (Å²) < 4.78 is 0. The summed E-state index contributed by atoms with van der Waals surface area (Å²) in [4.78, 5) is 15.5. The van der Waals surface area contributed by atoms with Crippen LogP contribution in [-0.4, -0.2) is 17.2 Å². The summed E-state index contributed by atoms with van der Waals surface area (Å²) in [5, 5.41) is 3.37. The van der Waals surface area contributed by atoms with Gasteiger partial charge in [-0.05, 0) is 51.1 Å². The molecule has 1 atom stereocenters. The Morgan fingerprint density at radius 1 is 1.09 bits per heavy atom.